The molecule has 1 saturated heterocycles. The Balaban J connectivity index is 0.948. The van der Waals surface area contributed by atoms with Crippen molar-refractivity contribution < 1.29 is 0 Å². The van der Waals surface area contributed by atoms with Gasteiger partial charge in [0.15, 0.2) is 0 Å². The van der Waals surface area contributed by atoms with E-state index in [9.17, 15) is 0 Å². The Morgan fingerprint density at radius 2 is 1.57 bits per heavy atom. The summed E-state index contributed by atoms with van der Waals surface area (Å²) in [5, 5.41) is 15.3. The van der Waals surface area contributed by atoms with Crippen molar-refractivity contribution in [3.05, 3.63) is 172 Å². The van der Waals surface area contributed by atoms with E-state index in [1.807, 2.05) is 11.3 Å². The van der Waals surface area contributed by atoms with Crippen LogP contribution in [0.2, 0.25) is 0 Å². The third-order valence-electron chi connectivity index (χ3n) is 16.4. The predicted molar refractivity (Wildman–Crippen MR) is 272 cm³/mol. The van der Waals surface area contributed by atoms with Crippen molar-refractivity contribution >= 4 is 66.2 Å². The van der Waals surface area contributed by atoms with Gasteiger partial charge in [0.1, 0.15) is 0 Å². The van der Waals surface area contributed by atoms with Crippen molar-refractivity contribution in [2.75, 3.05) is 0 Å². The van der Waals surface area contributed by atoms with Crippen molar-refractivity contribution in [3.63, 3.8) is 0 Å². The molecule has 11 atom stereocenters. The first-order chi connectivity index (χ1) is 30.5. The molecule has 0 spiro atoms. The Hall–Kier alpha value is -3.88. The fraction of sp³-hybridized carbons (Fsp3) is 0.368. The Morgan fingerprint density at radius 3 is 2.41 bits per heavy atom. The van der Waals surface area contributed by atoms with Gasteiger partial charge in [-0.05, 0) is 130 Å². The van der Waals surface area contributed by atoms with Gasteiger partial charge in [0.25, 0.3) is 0 Å². The lowest BCUT2D eigenvalue weighted by Gasteiger charge is -2.46. The van der Waals surface area contributed by atoms with Crippen molar-refractivity contribution in [1.29, 1.82) is 0 Å². The van der Waals surface area contributed by atoms with Crippen molar-refractivity contribution in [2.45, 2.75) is 106 Å². The summed E-state index contributed by atoms with van der Waals surface area (Å²) in [5.74, 6) is 2.26. The van der Waals surface area contributed by atoms with Gasteiger partial charge in [0.2, 0.25) is 0 Å². The Labute approximate surface area is 386 Å². The largest absolute Gasteiger partial charge is 0.282 e. The lowest BCUT2D eigenvalue weighted by atomic mass is 9.63. The zero-order valence-electron chi connectivity index (χ0n) is 37.4. The molecule has 7 aliphatic rings. The summed E-state index contributed by atoms with van der Waals surface area (Å²) in [6.45, 7) is 15.0. The van der Waals surface area contributed by atoms with Crippen LogP contribution in [0.25, 0.3) is 31.3 Å². The highest BCUT2D eigenvalue weighted by molar-refractivity contribution is 8.04. The van der Waals surface area contributed by atoms with Gasteiger partial charge in [0, 0.05) is 51.8 Å². The molecule has 320 valence electrons. The maximum atomic E-state index is 4.10. The molecular formula is C57H59N3S3. The molecule has 4 aliphatic carbocycles. The molecule has 3 nitrogen and oxygen atoms in total. The highest BCUT2D eigenvalue weighted by Crippen LogP contribution is 2.65. The molecule has 63 heavy (non-hydrogen) atoms. The van der Waals surface area contributed by atoms with E-state index >= 15 is 0 Å². The molecule has 0 saturated carbocycles. The standard InChI is InChI=1S/C57H59N3S3/c1-33-15-13-19-41-49-39(25-22-35(3)57(49,6)63-50(33)41)37-23-28-46-44(32-37)56(5)43(26-21-34(2)51(56)62-46)38-24-27-45-42(31-38)48-40(18-14-20-47(48)61-45)53-58-52(36-16-9-7-10-17-36)59-54(60-53)55(4)29-11-8-12-30-55/h7-14,16-20,23-29,31-35,49,51-54,58-60H,15,21-22,30H2,1-6H3. The molecular weight excluding hydrogens is 823 g/mol. The SMILES string of the molecule is CC1CC=CC2=C1SC1(C)C(C)CC=C(c3ccc4c(c3)C3(C)C(c5ccc6sc7cccc(C8NC(c9ccccc9)NC(C9(C)C=CC=CC9)N8)c7c6c5)=CCC(C)C3S4)C21. The summed E-state index contributed by atoms with van der Waals surface area (Å²) in [4.78, 5) is 3.12. The quantitative estimate of drug-likeness (QED) is 0.164. The van der Waals surface area contributed by atoms with Crippen LogP contribution < -0.4 is 16.0 Å². The second-order valence-electron chi connectivity index (χ2n) is 20.4. The summed E-state index contributed by atoms with van der Waals surface area (Å²) < 4.78 is 2.88. The maximum Gasteiger partial charge on any atom is 0.0868 e. The van der Waals surface area contributed by atoms with Crippen LogP contribution in [0.5, 0.6) is 0 Å². The Kier molecular flexibility index (Phi) is 9.73. The van der Waals surface area contributed by atoms with Gasteiger partial charge >= 0.3 is 0 Å². The van der Waals surface area contributed by atoms with Crippen LogP contribution >= 0.6 is 34.9 Å². The molecule has 1 aromatic heterocycles. The number of fused-ring (bicyclic) bond motifs is 8. The van der Waals surface area contributed by atoms with Gasteiger partial charge in [-0.3, -0.25) is 16.0 Å². The summed E-state index contributed by atoms with van der Waals surface area (Å²) >= 11 is 6.29. The summed E-state index contributed by atoms with van der Waals surface area (Å²) in [7, 11) is 0. The summed E-state index contributed by atoms with van der Waals surface area (Å²) in [6, 6.07) is 32.9. The molecule has 0 amide bonds. The molecule has 0 radical (unpaired) electrons. The fourth-order valence-electron chi connectivity index (χ4n) is 12.6. The van der Waals surface area contributed by atoms with Crippen LogP contribution in [0.3, 0.4) is 0 Å². The van der Waals surface area contributed by atoms with E-state index < -0.39 is 0 Å². The van der Waals surface area contributed by atoms with E-state index in [4.69, 9.17) is 0 Å². The van der Waals surface area contributed by atoms with E-state index in [2.05, 4.69) is 215 Å². The van der Waals surface area contributed by atoms with Crippen molar-refractivity contribution in [1.82, 2.24) is 16.0 Å². The maximum absolute atomic E-state index is 4.10. The van der Waals surface area contributed by atoms with E-state index in [0.29, 0.717) is 28.9 Å². The molecule has 1 fully saturated rings. The fourth-order valence-corrected chi connectivity index (χ4v) is 17.1. The van der Waals surface area contributed by atoms with Crippen molar-refractivity contribution in [2.24, 2.45) is 29.1 Å². The van der Waals surface area contributed by atoms with Gasteiger partial charge < -0.3 is 0 Å². The van der Waals surface area contributed by atoms with Gasteiger partial charge in [-0.1, -0.05) is 138 Å². The van der Waals surface area contributed by atoms with Crippen LogP contribution in [-0.2, 0) is 5.41 Å². The monoisotopic (exact) mass is 881 g/mol. The second-order valence-corrected chi connectivity index (χ2v) is 24.2. The number of allylic oxidation sites excluding steroid dienone is 11. The number of hydrogen-bond acceptors (Lipinski definition) is 6. The average Bonchev–Trinajstić information content (AvgIpc) is 3.95. The molecule has 11 unspecified atom stereocenters. The summed E-state index contributed by atoms with van der Waals surface area (Å²) in [5.41, 5.74) is 11.4. The van der Waals surface area contributed by atoms with E-state index in [-0.39, 0.29) is 34.1 Å². The zero-order chi connectivity index (χ0) is 42.8. The first-order valence-corrected chi connectivity index (χ1v) is 26.0. The van der Waals surface area contributed by atoms with Crippen LogP contribution in [0.1, 0.15) is 107 Å². The van der Waals surface area contributed by atoms with Crippen LogP contribution in [0.15, 0.2) is 149 Å². The van der Waals surface area contributed by atoms with Gasteiger partial charge in [-0.15, -0.1) is 34.9 Å². The first-order valence-electron chi connectivity index (χ1n) is 23.5. The van der Waals surface area contributed by atoms with Crippen LogP contribution in [0, 0.1) is 29.1 Å². The first kappa shape index (κ1) is 40.6. The van der Waals surface area contributed by atoms with Gasteiger partial charge in [-0.2, -0.15) is 0 Å². The topological polar surface area (TPSA) is 36.1 Å². The average molecular weight is 882 g/mol. The molecule has 4 heterocycles. The number of hydrogen-bond donors (Lipinski definition) is 3. The normalized spacial score (nSPS) is 35.7. The second kappa shape index (κ2) is 15.1. The van der Waals surface area contributed by atoms with E-state index in [0.717, 1.165) is 25.7 Å². The Bertz CT molecular complexity index is 2880. The van der Waals surface area contributed by atoms with Crippen molar-refractivity contribution in [3.8, 4) is 0 Å². The number of rotatable bonds is 5. The number of thioether (sulfide) groups is 2. The smallest absolute Gasteiger partial charge is 0.0868 e. The molecule has 12 rings (SSSR count). The third kappa shape index (κ3) is 6.25. The van der Waals surface area contributed by atoms with Gasteiger partial charge in [0.05, 0.1) is 18.5 Å². The molecule has 5 aromatic rings. The number of nitrogens with one attached hydrogen (secondary N) is 3. The zero-order valence-corrected chi connectivity index (χ0v) is 39.8. The van der Waals surface area contributed by atoms with Crippen LogP contribution in [0.4, 0.5) is 0 Å². The minimum absolute atomic E-state index is 0.000742. The van der Waals surface area contributed by atoms with E-state index in [1.165, 1.54) is 58.5 Å². The highest BCUT2D eigenvalue weighted by Gasteiger charge is 2.54. The number of benzene rings is 4. The Morgan fingerprint density at radius 1 is 0.730 bits per heavy atom. The lowest BCUT2D eigenvalue weighted by Crippen LogP contribution is -2.64. The van der Waals surface area contributed by atoms with Crippen LogP contribution in [-0.4, -0.2) is 16.2 Å². The van der Waals surface area contributed by atoms with E-state index in [1.54, 1.807) is 16.1 Å². The summed E-state index contributed by atoms with van der Waals surface area (Å²) in [6.07, 6.45) is 23.7. The molecule has 4 aromatic carbocycles. The molecule has 6 heteroatoms. The number of thiophene rings is 1. The molecule has 0 bridgehead atoms. The molecule has 3 aliphatic heterocycles. The predicted octanol–water partition coefficient (Wildman–Crippen LogP) is 14.6. The molecule has 3 N–H and O–H groups in total. The third-order valence-corrected chi connectivity index (χ3v) is 21.3. The highest BCUT2D eigenvalue weighted by atomic mass is 32.2. The van der Waals surface area contributed by atoms with Gasteiger partial charge in [-0.25, -0.2) is 0 Å². The minimum atomic E-state index is -0.110. The lowest BCUT2D eigenvalue weighted by molar-refractivity contribution is 0.123. The minimum Gasteiger partial charge on any atom is -0.282 e.